The fourth-order valence-electron chi connectivity index (χ4n) is 9.04. The molecule has 55 heavy (non-hydrogen) atoms. The largest absolute Gasteiger partial charge is 0.453 e. The first-order chi connectivity index (χ1) is 26.7. The maximum Gasteiger partial charge on any atom is 0.407 e. The molecule has 3 aromatic rings. The highest BCUT2D eigenvalue weighted by Gasteiger charge is 2.49. The van der Waals surface area contributed by atoms with Crippen molar-refractivity contribution in [3.05, 3.63) is 71.3 Å². The minimum absolute atomic E-state index is 0.00394. The summed E-state index contributed by atoms with van der Waals surface area (Å²) in [5.41, 5.74) is 8.30. The van der Waals surface area contributed by atoms with Crippen molar-refractivity contribution in [1.82, 2.24) is 30.4 Å². The van der Waals surface area contributed by atoms with E-state index in [1.807, 2.05) is 24.9 Å². The van der Waals surface area contributed by atoms with E-state index in [-0.39, 0.29) is 36.1 Å². The topological polar surface area (TPSA) is 160 Å². The van der Waals surface area contributed by atoms with Crippen LogP contribution in [0.15, 0.2) is 53.8 Å². The van der Waals surface area contributed by atoms with Crippen LogP contribution < -0.4 is 10.6 Å². The second-order valence-electron chi connectivity index (χ2n) is 15.3. The zero-order valence-corrected chi connectivity index (χ0v) is 31.6. The zero-order valence-electron chi connectivity index (χ0n) is 31.6. The van der Waals surface area contributed by atoms with E-state index in [9.17, 15) is 14.4 Å². The molecule has 14 heteroatoms. The quantitative estimate of drug-likeness (QED) is 0.166. The van der Waals surface area contributed by atoms with Crippen molar-refractivity contribution in [1.29, 1.82) is 0 Å². The number of aromatic nitrogens is 2. The number of alkyl carbamates (subject to hydrolysis) is 1. The lowest BCUT2D eigenvalue weighted by molar-refractivity contribution is -0.148. The summed E-state index contributed by atoms with van der Waals surface area (Å²) < 4.78 is 23.1. The van der Waals surface area contributed by atoms with E-state index in [0.717, 1.165) is 65.7 Å². The average molecular weight is 752 g/mol. The lowest BCUT2D eigenvalue weighted by Gasteiger charge is -2.31. The second kappa shape index (κ2) is 15.2. The van der Waals surface area contributed by atoms with E-state index in [0.29, 0.717) is 45.1 Å². The first-order valence-electron chi connectivity index (χ1n) is 19.2. The number of imidazole rings is 1. The number of fused-ring (bicyclic) bond motifs is 5. The Bertz CT molecular complexity index is 1970. The molecular formula is C41H49N7O7. The number of carbonyl (C=O) groups is 3. The molecular weight excluding hydrogens is 702 g/mol. The van der Waals surface area contributed by atoms with Crippen molar-refractivity contribution in [2.24, 2.45) is 10.9 Å². The number of methoxy groups -OCH3 is 1. The molecule has 0 saturated carbocycles. The fraction of sp³-hybridized carbons (Fsp3) is 0.488. The van der Waals surface area contributed by atoms with Crippen molar-refractivity contribution in [3.63, 3.8) is 0 Å². The van der Waals surface area contributed by atoms with Crippen molar-refractivity contribution in [3.8, 4) is 22.4 Å². The van der Waals surface area contributed by atoms with Gasteiger partial charge in [-0.2, -0.15) is 0 Å². The summed E-state index contributed by atoms with van der Waals surface area (Å²) in [6, 6.07) is 11.8. The molecule has 1 aromatic heterocycles. The molecule has 0 radical (unpaired) electrons. The van der Waals surface area contributed by atoms with Gasteiger partial charge in [0.05, 0.1) is 62.7 Å². The molecule has 6 heterocycles. The Labute approximate surface area is 320 Å². The number of likely N-dealkylation sites (tertiary alicyclic amines) is 2. The highest BCUT2D eigenvalue weighted by molar-refractivity contribution is 5.86. The van der Waals surface area contributed by atoms with Crippen molar-refractivity contribution in [2.75, 3.05) is 40.0 Å². The summed E-state index contributed by atoms with van der Waals surface area (Å²) in [5, 5.41) is 6.35. The van der Waals surface area contributed by atoms with Gasteiger partial charge in [0, 0.05) is 37.3 Å². The number of benzene rings is 2. The van der Waals surface area contributed by atoms with E-state index in [2.05, 4.69) is 68.7 Å². The van der Waals surface area contributed by atoms with Gasteiger partial charge in [-0.25, -0.2) is 9.78 Å². The summed E-state index contributed by atoms with van der Waals surface area (Å²) in [6.07, 6.45) is 7.94. The molecule has 0 aliphatic carbocycles. The van der Waals surface area contributed by atoms with Crippen LogP contribution in [0.3, 0.4) is 0 Å². The number of rotatable bonds is 12. The highest BCUT2D eigenvalue weighted by atomic mass is 16.7. The molecule has 2 aromatic carbocycles. The molecule has 4 saturated heterocycles. The Kier molecular flexibility index (Phi) is 10.2. The van der Waals surface area contributed by atoms with Crippen LogP contribution in [0, 0.1) is 5.92 Å². The van der Waals surface area contributed by atoms with E-state index in [4.69, 9.17) is 18.9 Å². The number of amides is 3. The zero-order chi connectivity index (χ0) is 38.3. The van der Waals surface area contributed by atoms with Gasteiger partial charge in [-0.05, 0) is 66.1 Å². The third-order valence-corrected chi connectivity index (χ3v) is 11.7. The van der Waals surface area contributed by atoms with Gasteiger partial charge >= 0.3 is 6.09 Å². The van der Waals surface area contributed by atoms with Crippen LogP contribution in [0.25, 0.3) is 28.1 Å². The lowest BCUT2D eigenvalue weighted by Crippen LogP contribution is -2.53. The van der Waals surface area contributed by atoms with Crippen LogP contribution in [0.4, 0.5) is 4.79 Å². The van der Waals surface area contributed by atoms with Gasteiger partial charge in [-0.1, -0.05) is 50.2 Å². The molecule has 4 fully saturated rings. The van der Waals surface area contributed by atoms with Gasteiger partial charge in [0.15, 0.2) is 5.79 Å². The monoisotopic (exact) mass is 751 g/mol. The molecule has 5 aliphatic rings. The lowest BCUT2D eigenvalue weighted by atomic mass is 9.82. The number of ether oxygens (including phenoxy) is 4. The van der Waals surface area contributed by atoms with E-state index < -0.39 is 17.9 Å². The van der Waals surface area contributed by atoms with Crippen LogP contribution in [-0.4, -0.2) is 103 Å². The molecule has 2 bridgehead atoms. The molecule has 290 valence electrons. The van der Waals surface area contributed by atoms with Crippen LogP contribution >= 0.6 is 0 Å². The molecule has 5 atom stereocenters. The van der Waals surface area contributed by atoms with Crippen LogP contribution in [0.5, 0.6) is 0 Å². The van der Waals surface area contributed by atoms with Gasteiger partial charge < -0.3 is 44.4 Å². The molecule has 3 N–H and O–H groups in total. The molecule has 3 amide bonds. The number of H-pyrrole nitrogens is 1. The number of nitrogens with one attached hydrogen (secondary N) is 3. The molecule has 4 unspecified atom stereocenters. The standard InChI is InChI=1S/C41H49N7O7/c1-24(2)37(46-40(51)52-4)39(50)48-15-5-6-27(48)19-43-31(20-42-3)29-12-11-28(35-33-13-14-34(55-33)36(29)35)25-7-9-26(10-8-25)30-21-44-38(45-30)32-18-41(22-47(32)23-49)53-16-17-54-41/h7-12,20-21,23-24,27,32-34,37,43H,3,5-6,13-19,22H2,1-2,4H3,(H,44,45)(H,46,51)/b31-20-/t27?,32-,33?,34?,37?/m0/s1. The Balaban J connectivity index is 1.01. The smallest absolute Gasteiger partial charge is 0.407 e. The van der Waals surface area contributed by atoms with Crippen LogP contribution in [0.1, 0.15) is 86.7 Å². The summed E-state index contributed by atoms with van der Waals surface area (Å²) >= 11 is 0. The second-order valence-corrected chi connectivity index (χ2v) is 15.3. The number of hydrogen-bond acceptors (Lipinski definition) is 10. The summed E-state index contributed by atoms with van der Waals surface area (Å²) in [6.45, 7) is 10.2. The van der Waals surface area contributed by atoms with Gasteiger partial charge in [0.2, 0.25) is 12.3 Å². The minimum atomic E-state index is -0.755. The Morgan fingerprint density at radius 1 is 1.09 bits per heavy atom. The van der Waals surface area contributed by atoms with Gasteiger partial charge in [0.1, 0.15) is 11.9 Å². The fourth-order valence-corrected chi connectivity index (χ4v) is 9.04. The predicted molar refractivity (Wildman–Crippen MR) is 204 cm³/mol. The number of hydrogen-bond donors (Lipinski definition) is 3. The predicted octanol–water partition coefficient (Wildman–Crippen LogP) is 5.26. The SMILES string of the molecule is C=N/C=C(\NCC1CCCN1C(=O)C(NC(=O)OC)C(C)C)c1ccc(-c2ccc(-c3cnc([C@@H]4CC5(CN4C=O)OCCO5)[nH]3)cc2)c2c1C1CCC2O1. The summed E-state index contributed by atoms with van der Waals surface area (Å²) in [5.74, 6) is -0.250. The molecule has 8 rings (SSSR count). The minimum Gasteiger partial charge on any atom is -0.453 e. The van der Waals surface area contributed by atoms with Gasteiger partial charge in [-0.3, -0.25) is 14.6 Å². The summed E-state index contributed by atoms with van der Waals surface area (Å²) in [4.78, 5) is 53.5. The van der Waals surface area contributed by atoms with E-state index >= 15 is 0 Å². The average Bonchev–Trinajstić information content (AvgIpc) is 4.07. The van der Waals surface area contributed by atoms with Crippen molar-refractivity contribution in [2.45, 2.75) is 82.1 Å². The third kappa shape index (κ3) is 6.91. The Morgan fingerprint density at radius 2 is 1.84 bits per heavy atom. The first kappa shape index (κ1) is 36.9. The normalized spacial score (nSPS) is 24.4. The van der Waals surface area contributed by atoms with Crippen LogP contribution in [-0.2, 0) is 28.5 Å². The van der Waals surface area contributed by atoms with E-state index in [1.165, 1.54) is 18.2 Å². The third-order valence-electron chi connectivity index (χ3n) is 11.7. The number of nitrogens with zero attached hydrogens (tertiary/aromatic N) is 4. The maximum atomic E-state index is 13.7. The number of carbonyl (C=O) groups excluding carboxylic acids is 3. The Hall–Kier alpha value is -5.05. The number of aliphatic imine (C=N–C) groups is 1. The first-order valence-corrected chi connectivity index (χ1v) is 19.2. The molecule has 5 aliphatic heterocycles. The van der Waals surface area contributed by atoms with Gasteiger partial charge in [-0.15, -0.1) is 0 Å². The molecule has 1 spiro atoms. The maximum absolute atomic E-state index is 13.7. The van der Waals surface area contributed by atoms with Crippen LogP contribution in [0.2, 0.25) is 0 Å². The van der Waals surface area contributed by atoms with E-state index in [1.54, 1.807) is 11.1 Å². The molecule has 14 nitrogen and oxygen atoms in total. The van der Waals surface area contributed by atoms with Gasteiger partial charge in [0.25, 0.3) is 0 Å². The Morgan fingerprint density at radius 3 is 2.55 bits per heavy atom. The van der Waals surface area contributed by atoms with Crippen molar-refractivity contribution < 1.29 is 33.3 Å². The number of aromatic amines is 1. The van der Waals surface area contributed by atoms with Crippen molar-refractivity contribution >= 4 is 30.8 Å². The highest BCUT2D eigenvalue weighted by Crippen LogP contribution is 2.55. The summed E-state index contributed by atoms with van der Waals surface area (Å²) in [7, 11) is 1.30.